The Morgan fingerprint density at radius 3 is 2.76 bits per heavy atom. The van der Waals surface area contributed by atoms with E-state index >= 15 is 0 Å². The Bertz CT molecular complexity index is 395. The highest BCUT2D eigenvalue weighted by Crippen LogP contribution is 2.25. The van der Waals surface area contributed by atoms with Crippen molar-refractivity contribution in [3.63, 3.8) is 0 Å². The molecule has 1 aromatic rings. The number of halogens is 1. The van der Waals surface area contributed by atoms with Gasteiger partial charge in [0, 0.05) is 26.7 Å². The Hall–Kier alpha value is -1.10. The van der Waals surface area contributed by atoms with Crippen molar-refractivity contribution in [2.75, 3.05) is 30.4 Å². The van der Waals surface area contributed by atoms with Gasteiger partial charge in [0.05, 0.1) is 0 Å². The lowest BCUT2D eigenvalue weighted by atomic mass is 10.2. The molecule has 6 heteroatoms. The highest BCUT2D eigenvalue weighted by Gasteiger charge is 2.26. The van der Waals surface area contributed by atoms with Crippen LogP contribution in [0.2, 0.25) is 5.28 Å². The van der Waals surface area contributed by atoms with Crippen LogP contribution in [0.3, 0.4) is 0 Å². The first-order chi connectivity index (χ1) is 8.11. The van der Waals surface area contributed by atoms with Crippen LogP contribution in [0, 0.1) is 0 Å². The van der Waals surface area contributed by atoms with Crippen molar-refractivity contribution in [3.8, 4) is 0 Å². The van der Waals surface area contributed by atoms with Gasteiger partial charge in [-0.05, 0) is 30.9 Å². The second-order valence-electron chi connectivity index (χ2n) is 4.50. The summed E-state index contributed by atoms with van der Waals surface area (Å²) in [6.45, 7) is 3.20. The third-order valence-electron chi connectivity index (χ3n) is 3.09. The average molecular weight is 256 g/mol. The van der Waals surface area contributed by atoms with E-state index < -0.39 is 0 Å². The van der Waals surface area contributed by atoms with Gasteiger partial charge in [0.25, 0.3) is 0 Å². The molecule has 1 saturated heterocycles. The minimum Gasteiger partial charge on any atom is -0.347 e. The number of hydrogen-bond acceptors (Lipinski definition) is 5. The van der Waals surface area contributed by atoms with E-state index in [1.807, 2.05) is 19.0 Å². The molecule has 2 heterocycles. The van der Waals surface area contributed by atoms with Gasteiger partial charge < -0.3 is 9.80 Å². The summed E-state index contributed by atoms with van der Waals surface area (Å²) in [6.07, 6.45) is 3.51. The van der Waals surface area contributed by atoms with Crippen LogP contribution in [-0.4, -0.2) is 41.6 Å². The van der Waals surface area contributed by atoms with Gasteiger partial charge in [-0.1, -0.05) is 6.92 Å². The van der Waals surface area contributed by atoms with Crippen LogP contribution < -0.4 is 9.80 Å². The number of aromatic nitrogens is 3. The van der Waals surface area contributed by atoms with Gasteiger partial charge >= 0.3 is 0 Å². The molecule has 94 valence electrons. The molecule has 0 aromatic carbocycles. The van der Waals surface area contributed by atoms with E-state index in [9.17, 15) is 0 Å². The lowest BCUT2D eigenvalue weighted by Crippen LogP contribution is -2.31. The van der Waals surface area contributed by atoms with Crippen molar-refractivity contribution < 1.29 is 0 Å². The largest absolute Gasteiger partial charge is 0.347 e. The number of rotatable bonds is 3. The maximum Gasteiger partial charge on any atom is 0.231 e. The van der Waals surface area contributed by atoms with Crippen molar-refractivity contribution in [2.24, 2.45) is 0 Å². The highest BCUT2D eigenvalue weighted by atomic mass is 35.5. The van der Waals surface area contributed by atoms with Crippen LogP contribution in [-0.2, 0) is 0 Å². The van der Waals surface area contributed by atoms with Crippen molar-refractivity contribution in [3.05, 3.63) is 5.28 Å². The first-order valence-electron chi connectivity index (χ1n) is 5.97. The molecule has 1 aliphatic rings. The molecular formula is C11H18ClN5. The molecule has 1 atom stereocenters. The van der Waals surface area contributed by atoms with E-state index in [-0.39, 0.29) is 5.28 Å². The van der Waals surface area contributed by atoms with Crippen molar-refractivity contribution >= 4 is 23.5 Å². The summed E-state index contributed by atoms with van der Waals surface area (Å²) < 4.78 is 0. The van der Waals surface area contributed by atoms with Gasteiger partial charge in [-0.2, -0.15) is 15.0 Å². The van der Waals surface area contributed by atoms with Crippen LogP contribution in [0.1, 0.15) is 26.2 Å². The maximum atomic E-state index is 5.95. The van der Waals surface area contributed by atoms with Gasteiger partial charge in [0.1, 0.15) is 0 Å². The summed E-state index contributed by atoms with van der Waals surface area (Å²) in [5.41, 5.74) is 0. The summed E-state index contributed by atoms with van der Waals surface area (Å²) in [7, 11) is 3.80. The summed E-state index contributed by atoms with van der Waals surface area (Å²) in [5, 5.41) is 0.264. The van der Waals surface area contributed by atoms with Gasteiger partial charge in [-0.15, -0.1) is 0 Å². The third-order valence-corrected chi connectivity index (χ3v) is 3.26. The monoisotopic (exact) mass is 255 g/mol. The van der Waals surface area contributed by atoms with Crippen LogP contribution >= 0.6 is 11.6 Å². The van der Waals surface area contributed by atoms with Gasteiger partial charge in [-0.25, -0.2) is 0 Å². The fraction of sp³-hybridized carbons (Fsp3) is 0.727. The van der Waals surface area contributed by atoms with Crippen LogP contribution in [0.15, 0.2) is 0 Å². The molecule has 0 spiro atoms. The average Bonchev–Trinajstić information content (AvgIpc) is 2.76. The summed E-state index contributed by atoms with van der Waals surface area (Å²) in [4.78, 5) is 16.9. The normalized spacial score (nSPS) is 19.8. The van der Waals surface area contributed by atoms with Crippen LogP contribution in [0.25, 0.3) is 0 Å². The number of anilines is 2. The molecule has 0 amide bonds. The molecule has 0 bridgehead atoms. The summed E-state index contributed by atoms with van der Waals surface area (Å²) in [6, 6.07) is 0.531. The first kappa shape index (κ1) is 12.4. The molecule has 0 aliphatic carbocycles. The Labute approximate surface area is 107 Å². The minimum atomic E-state index is 0.264. The second kappa shape index (κ2) is 5.04. The molecule has 0 saturated carbocycles. The minimum absolute atomic E-state index is 0.264. The Kier molecular flexibility index (Phi) is 3.66. The predicted molar refractivity (Wildman–Crippen MR) is 69.8 cm³/mol. The molecule has 0 radical (unpaired) electrons. The Morgan fingerprint density at radius 2 is 2.12 bits per heavy atom. The molecule has 1 aliphatic heterocycles. The quantitative estimate of drug-likeness (QED) is 0.826. The molecular weight excluding hydrogens is 238 g/mol. The van der Waals surface area contributed by atoms with E-state index in [0.29, 0.717) is 17.9 Å². The molecule has 2 rings (SSSR count). The fourth-order valence-electron chi connectivity index (χ4n) is 2.18. The predicted octanol–water partition coefficient (Wildman–Crippen LogP) is 1.97. The summed E-state index contributed by atoms with van der Waals surface area (Å²) in [5.74, 6) is 1.32. The molecule has 0 N–H and O–H groups in total. The molecule has 17 heavy (non-hydrogen) atoms. The van der Waals surface area contributed by atoms with E-state index in [4.69, 9.17) is 11.6 Å². The van der Waals surface area contributed by atoms with Gasteiger partial charge in [0.2, 0.25) is 17.2 Å². The second-order valence-corrected chi connectivity index (χ2v) is 4.83. The molecule has 1 fully saturated rings. The molecule has 1 unspecified atom stereocenters. The lowest BCUT2D eigenvalue weighted by Gasteiger charge is -2.24. The first-order valence-corrected chi connectivity index (χ1v) is 6.35. The number of nitrogens with zero attached hydrogens (tertiary/aromatic N) is 5. The molecule has 5 nitrogen and oxygen atoms in total. The molecule has 1 aromatic heterocycles. The summed E-state index contributed by atoms with van der Waals surface area (Å²) >= 11 is 5.95. The fourth-order valence-corrected chi connectivity index (χ4v) is 2.33. The van der Waals surface area contributed by atoms with E-state index in [0.717, 1.165) is 13.0 Å². The Morgan fingerprint density at radius 1 is 1.35 bits per heavy atom. The maximum absolute atomic E-state index is 5.95. The third kappa shape index (κ3) is 2.60. The van der Waals surface area contributed by atoms with Crippen molar-refractivity contribution in [1.82, 2.24) is 15.0 Å². The standard InChI is InChI=1S/C11H18ClN5/c1-4-8-6-5-7-17(8)11-14-9(12)13-10(15-11)16(2)3/h8H,4-7H2,1-3H3. The van der Waals surface area contributed by atoms with Crippen molar-refractivity contribution in [2.45, 2.75) is 32.2 Å². The van der Waals surface area contributed by atoms with E-state index in [1.54, 1.807) is 0 Å². The number of hydrogen-bond donors (Lipinski definition) is 0. The van der Waals surface area contributed by atoms with Crippen LogP contribution in [0.5, 0.6) is 0 Å². The topological polar surface area (TPSA) is 45.2 Å². The lowest BCUT2D eigenvalue weighted by molar-refractivity contribution is 0.632. The van der Waals surface area contributed by atoms with Crippen LogP contribution in [0.4, 0.5) is 11.9 Å². The van der Waals surface area contributed by atoms with E-state index in [1.165, 1.54) is 12.8 Å². The SMILES string of the molecule is CCC1CCCN1c1nc(Cl)nc(N(C)C)n1. The highest BCUT2D eigenvalue weighted by molar-refractivity contribution is 6.28. The van der Waals surface area contributed by atoms with Gasteiger partial charge in [0.15, 0.2) is 0 Å². The zero-order chi connectivity index (χ0) is 12.4. The van der Waals surface area contributed by atoms with E-state index in [2.05, 4.69) is 26.8 Å². The smallest absolute Gasteiger partial charge is 0.231 e. The Balaban J connectivity index is 2.31. The zero-order valence-corrected chi connectivity index (χ0v) is 11.3. The van der Waals surface area contributed by atoms with Crippen molar-refractivity contribution in [1.29, 1.82) is 0 Å². The van der Waals surface area contributed by atoms with Gasteiger partial charge in [-0.3, -0.25) is 0 Å². The zero-order valence-electron chi connectivity index (χ0n) is 10.5.